The second kappa shape index (κ2) is 11.4. The monoisotopic (exact) mass is 599 g/mol. The van der Waals surface area contributed by atoms with Crippen molar-refractivity contribution in [3.63, 3.8) is 0 Å². The van der Waals surface area contributed by atoms with E-state index in [1.165, 1.54) is 12.4 Å². The van der Waals surface area contributed by atoms with Crippen molar-refractivity contribution >= 4 is 40.9 Å². The Morgan fingerprint density at radius 3 is 2.30 bits per heavy atom. The second-order valence-electron chi connectivity index (χ2n) is 10.6. The van der Waals surface area contributed by atoms with E-state index in [4.69, 9.17) is 23.2 Å². The van der Waals surface area contributed by atoms with Crippen molar-refractivity contribution in [2.24, 2.45) is 11.3 Å². The van der Waals surface area contributed by atoms with Gasteiger partial charge in [0.2, 0.25) is 0 Å². The molecule has 14 heteroatoms. The molecule has 0 saturated heterocycles. The van der Waals surface area contributed by atoms with Crippen molar-refractivity contribution in [3.05, 3.63) is 45.5 Å². The normalized spacial score (nSPS) is 24.9. The third-order valence-electron chi connectivity index (χ3n) is 7.82. The maximum absolute atomic E-state index is 14.4. The zero-order valence-corrected chi connectivity index (χ0v) is 22.9. The minimum atomic E-state index is -4.96. The van der Waals surface area contributed by atoms with E-state index in [0.717, 1.165) is 15.8 Å². The Hall–Kier alpha value is -3.17. The van der Waals surface area contributed by atoms with Crippen LogP contribution in [0.3, 0.4) is 0 Å². The lowest BCUT2D eigenvalue weighted by atomic mass is 9.86. The Balaban J connectivity index is 1.71. The zero-order valence-electron chi connectivity index (χ0n) is 21.4. The fourth-order valence-electron chi connectivity index (χ4n) is 5.66. The molecule has 2 fully saturated rings. The number of nitrogens with zero attached hydrogens (tertiary/aromatic N) is 5. The molecule has 0 radical (unpaired) electrons. The predicted molar refractivity (Wildman–Crippen MR) is 137 cm³/mol. The summed E-state index contributed by atoms with van der Waals surface area (Å²) >= 11 is 12.2. The van der Waals surface area contributed by atoms with Crippen molar-refractivity contribution in [1.29, 1.82) is 5.26 Å². The van der Waals surface area contributed by atoms with Crippen LogP contribution in [-0.4, -0.2) is 55.0 Å². The van der Waals surface area contributed by atoms with E-state index in [1.807, 2.05) is 0 Å². The van der Waals surface area contributed by atoms with Gasteiger partial charge in [-0.05, 0) is 51.9 Å². The van der Waals surface area contributed by atoms with Crippen LogP contribution in [0.15, 0.2) is 18.6 Å². The Kier molecular flexibility index (Phi) is 8.47. The summed E-state index contributed by atoms with van der Waals surface area (Å²) in [5.41, 5.74) is -2.91. The van der Waals surface area contributed by atoms with E-state index in [0.29, 0.717) is 12.8 Å². The van der Waals surface area contributed by atoms with E-state index in [1.54, 1.807) is 6.92 Å². The average Bonchev–Trinajstić information content (AvgIpc) is 3.52. The number of aliphatic carboxylic acids is 1. The Morgan fingerprint density at radius 2 is 1.77 bits per heavy atom. The van der Waals surface area contributed by atoms with Gasteiger partial charge in [-0.15, -0.1) is 0 Å². The van der Waals surface area contributed by atoms with Crippen LogP contribution in [0.25, 0.3) is 0 Å². The number of hydrogen-bond acceptors (Lipinski definition) is 6. The molecule has 1 amide bonds. The lowest BCUT2D eigenvalue weighted by molar-refractivity contribution is -0.147. The molecule has 4 rings (SSSR count). The van der Waals surface area contributed by atoms with Gasteiger partial charge in [-0.1, -0.05) is 23.2 Å². The van der Waals surface area contributed by atoms with Crippen LogP contribution in [-0.2, 0) is 11.0 Å². The summed E-state index contributed by atoms with van der Waals surface area (Å²) < 4.78 is 44.1. The molecule has 2 aliphatic rings. The molecule has 40 heavy (non-hydrogen) atoms. The first-order chi connectivity index (χ1) is 18.8. The molecule has 0 bridgehead atoms. The zero-order chi connectivity index (χ0) is 29.4. The van der Waals surface area contributed by atoms with Crippen molar-refractivity contribution < 1.29 is 32.7 Å². The van der Waals surface area contributed by atoms with Crippen molar-refractivity contribution in [1.82, 2.24) is 19.7 Å². The van der Waals surface area contributed by atoms with Gasteiger partial charge in [0.25, 0.3) is 5.91 Å². The van der Waals surface area contributed by atoms with Gasteiger partial charge in [-0.25, -0.2) is 0 Å². The Morgan fingerprint density at radius 1 is 1.15 bits per heavy atom. The molecule has 2 aromatic heterocycles. The van der Waals surface area contributed by atoms with Gasteiger partial charge < -0.3 is 10.0 Å². The average molecular weight is 600 g/mol. The number of hydrogen-bond donors (Lipinski definition) is 1. The number of carboxylic acids is 1. The van der Waals surface area contributed by atoms with E-state index >= 15 is 0 Å². The molecule has 2 unspecified atom stereocenters. The number of carbonyl (C=O) groups is 3. The third-order valence-corrected chi connectivity index (χ3v) is 8.39. The molecule has 9 nitrogen and oxygen atoms in total. The molecule has 2 saturated carbocycles. The third kappa shape index (κ3) is 5.95. The van der Waals surface area contributed by atoms with E-state index in [2.05, 4.69) is 16.2 Å². The standard InChI is InChI=1S/C26H26Cl2F3N5O4/c1-25(13-32)7-6-16(8-25)35(12-20(37)21-18(27)10-33-11-19(21)28)23(38)17-9-34-36(22(17)26(29,30)31)15-4-2-14(3-5-15)24(39)40/h9-11,14-16H,2-8,12H2,1H3,(H,39,40). The predicted octanol–water partition coefficient (Wildman–Crippen LogP) is 5.83. The maximum Gasteiger partial charge on any atom is 0.433 e. The lowest BCUT2D eigenvalue weighted by Gasteiger charge is -2.30. The van der Waals surface area contributed by atoms with Crippen molar-refractivity contribution in [2.45, 2.75) is 70.1 Å². The molecule has 0 aromatic carbocycles. The SMILES string of the molecule is CC1(C#N)CCC(N(CC(=O)c2c(Cl)cncc2Cl)C(=O)c2cnn(C3CCC(C(=O)O)CC3)c2C(F)(F)F)C1. The minimum absolute atomic E-state index is 0.0704. The first kappa shape index (κ1) is 29.8. The summed E-state index contributed by atoms with van der Waals surface area (Å²) in [6.07, 6.45) is -0.204. The Bertz CT molecular complexity index is 1350. The number of nitriles is 1. The van der Waals surface area contributed by atoms with Crippen LogP contribution >= 0.6 is 23.2 Å². The number of Topliss-reactive ketones (excluding diaryl/α,β-unsaturated/α-hetero) is 1. The molecule has 2 heterocycles. The number of aromatic nitrogens is 3. The fraction of sp³-hybridized carbons (Fsp3) is 0.538. The van der Waals surface area contributed by atoms with Crippen LogP contribution in [0.1, 0.15) is 84.3 Å². The summed E-state index contributed by atoms with van der Waals surface area (Å²) in [7, 11) is 0. The fourth-order valence-corrected chi connectivity index (χ4v) is 6.23. The molecular weight excluding hydrogens is 574 g/mol. The molecule has 2 atom stereocenters. The molecule has 1 N–H and O–H groups in total. The van der Waals surface area contributed by atoms with Crippen molar-refractivity contribution in [2.75, 3.05) is 6.54 Å². The second-order valence-corrected chi connectivity index (χ2v) is 11.4. The number of halogens is 5. The van der Waals surface area contributed by atoms with Gasteiger partial charge in [0.05, 0.1) is 57.4 Å². The Labute approximate surface area is 237 Å². The number of ketones is 1. The van der Waals surface area contributed by atoms with E-state index in [9.17, 15) is 37.9 Å². The highest BCUT2D eigenvalue weighted by Crippen LogP contribution is 2.42. The van der Waals surface area contributed by atoms with Crippen LogP contribution in [0.2, 0.25) is 10.0 Å². The highest BCUT2D eigenvalue weighted by molar-refractivity contribution is 6.39. The van der Waals surface area contributed by atoms with Gasteiger partial charge in [0.1, 0.15) is 0 Å². The van der Waals surface area contributed by atoms with Crippen LogP contribution < -0.4 is 0 Å². The van der Waals surface area contributed by atoms with E-state index in [-0.39, 0.29) is 47.7 Å². The quantitative estimate of drug-likeness (QED) is 0.396. The highest BCUT2D eigenvalue weighted by atomic mass is 35.5. The summed E-state index contributed by atoms with van der Waals surface area (Å²) in [4.78, 5) is 43.3. The molecule has 2 aliphatic carbocycles. The molecule has 2 aromatic rings. The van der Waals surface area contributed by atoms with Gasteiger partial charge in [-0.3, -0.25) is 24.0 Å². The number of carboxylic acid groups (broad SMARTS) is 1. The summed E-state index contributed by atoms with van der Waals surface area (Å²) in [6.45, 7) is 1.07. The molecule has 0 spiro atoms. The maximum atomic E-state index is 14.4. The van der Waals surface area contributed by atoms with Crippen molar-refractivity contribution in [3.8, 4) is 6.07 Å². The summed E-state index contributed by atoms with van der Waals surface area (Å²) in [5.74, 6) is -3.39. The summed E-state index contributed by atoms with van der Waals surface area (Å²) in [6, 6.07) is 0.748. The smallest absolute Gasteiger partial charge is 0.433 e. The van der Waals surface area contributed by atoms with Gasteiger partial charge in [-0.2, -0.15) is 23.5 Å². The number of pyridine rings is 1. The molecule has 214 valence electrons. The topological polar surface area (TPSA) is 129 Å². The van der Waals surface area contributed by atoms with Crippen LogP contribution in [0.4, 0.5) is 13.2 Å². The number of amides is 1. The first-order valence-electron chi connectivity index (χ1n) is 12.7. The first-order valence-corrected chi connectivity index (χ1v) is 13.4. The molecular formula is C26H26Cl2F3N5O4. The van der Waals surface area contributed by atoms with Crippen LogP contribution in [0.5, 0.6) is 0 Å². The number of rotatable bonds is 7. The molecule has 0 aliphatic heterocycles. The van der Waals surface area contributed by atoms with Crippen LogP contribution in [0, 0.1) is 22.7 Å². The number of carbonyl (C=O) groups excluding carboxylic acids is 2. The van der Waals surface area contributed by atoms with E-state index < -0.39 is 65.1 Å². The highest BCUT2D eigenvalue weighted by Gasteiger charge is 2.46. The lowest BCUT2D eigenvalue weighted by Crippen LogP contribution is -2.43. The van der Waals surface area contributed by atoms with Gasteiger partial charge in [0, 0.05) is 18.4 Å². The van der Waals surface area contributed by atoms with Gasteiger partial charge >= 0.3 is 12.1 Å². The minimum Gasteiger partial charge on any atom is -0.481 e. The number of alkyl halides is 3. The summed E-state index contributed by atoms with van der Waals surface area (Å²) in [5, 5.41) is 22.6. The van der Waals surface area contributed by atoms with Gasteiger partial charge in [0.15, 0.2) is 11.5 Å². The largest absolute Gasteiger partial charge is 0.481 e.